The second-order valence-corrected chi connectivity index (χ2v) is 4.83. The number of rotatable bonds is 7. The molecule has 3 unspecified atom stereocenters. The highest BCUT2D eigenvalue weighted by Crippen LogP contribution is 2.13. The molecule has 1 fully saturated rings. The smallest absolute Gasteiger partial charge is 0.249 e. The molecule has 3 atom stereocenters. The van der Waals surface area contributed by atoms with Crippen molar-refractivity contribution in [3.63, 3.8) is 0 Å². The molecule has 1 aliphatic rings. The quantitative estimate of drug-likeness (QED) is 0.744. The molecule has 0 radical (unpaired) electrons. The summed E-state index contributed by atoms with van der Waals surface area (Å²) in [7, 11) is 1.61. The predicted octanol–water partition coefficient (Wildman–Crippen LogP) is 1.11. The molecule has 1 aliphatic heterocycles. The lowest BCUT2D eigenvalue weighted by atomic mass is 10.1. The number of amides is 1. The van der Waals surface area contributed by atoms with Gasteiger partial charge >= 0.3 is 0 Å². The summed E-state index contributed by atoms with van der Waals surface area (Å²) in [5, 5.41) is 2.84. The normalized spacial score (nSPS) is 23.4. The third-order valence-corrected chi connectivity index (χ3v) is 2.98. The lowest BCUT2D eigenvalue weighted by Gasteiger charge is -2.24. The molecule has 0 bridgehead atoms. The molecule has 1 amide bonds. The molecule has 5 nitrogen and oxygen atoms in total. The van der Waals surface area contributed by atoms with Gasteiger partial charge < -0.3 is 19.5 Å². The van der Waals surface area contributed by atoms with Crippen molar-refractivity contribution in [3.8, 4) is 0 Å². The third kappa shape index (κ3) is 5.80. The van der Waals surface area contributed by atoms with Crippen LogP contribution in [-0.4, -0.2) is 51.1 Å². The van der Waals surface area contributed by atoms with Crippen LogP contribution in [0.25, 0.3) is 0 Å². The summed E-state index contributed by atoms with van der Waals surface area (Å²) in [6.45, 7) is 5.47. The summed E-state index contributed by atoms with van der Waals surface area (Å²) >= 11 is 0. The van der Waals surface area contributed by atoms with Crippen molar-refractivity contribution in [2.45, 2.75) is 51.4 Å². The van der Waals surface area contributed by atoms with E-state index in [0.29, 0.717) is 13.2 Å². The molecule has 106 valence electrons. The first-order valence-electron chi connectivity index (χ1n) is 6.66. The molecule has 0 aliphatic carbocycles. The Morgan fingerprint density at radius 3 is 2.83 bits per heavy atom. The molecule has 0 aromatic rings. The highest BCUT2D eigenvalue weighted by molar-refractivity contribution is 5.80. The van der Waals surface area contributed by atoms with Crippen LogP contribution in [0.5, 0.6) is 0 Å². The van der Waals surface area contributed by atoms with E-state index in [1.807, 2.05) is 6.92 Å². The van der Waals surface area contributed by atoms with Gasteiger partial charge in [-0.05, 0) is 33.1 Å². The minimum absolute atomic E-state index is 0.000481. The fraction of sp³-hybridized carbons (Fsp3) is 0.923. The summed E-state index contributed by atoms with van der Waals surface area (Å²) < 4.78 is 16.1. The van der Waals surface area contributed by atoms with Crippen molar-refractivity contribution in [1.29, 1.82) is 0 Å². The molecular weight excluding hydrogens is 234 g/mol. The van der Waals surface area contributed by atoms with Crippen molar-refractivity contribution in [2.24, 2.45) is 0 Å². The van der Waals surface area contributed by atoms with Crippen LogP contribution < -0.4 is 5.32 Å². The zero-order valence-electron chi connectivity index (χ0n) is 11.6. The molecule has 0 aromatic heterocycles. The topological polar surface area (TPSA) is 56.8 Å². The van der Waals surface area contributed by atoms with Crippen LogP contribution in [0, 0.1) is 0 Å². The number of ether oxygens (including phenoxy) is 3. The van der Waals surface area contributed by atoms with Gasteiger partial charge in [-0.15, -0.1) is 0 Å². The lowest BCUT2D eigenvalue weighted by molar-refractivity contribution is -0.136. The first-order chi connectivity index (χ1) is 8.63. The highest BCUT2D eigenvalue weighted by atomic mass is 16.5. The van der Waals surface area contributed by atoms with Crippen molar-refractivity contribution in [3.05, 3.63) is 0 Å². The second kappa shape index (κ2) is 8.45. The summed E-state index contributed by atoms with van der Waals surface area (Å²) in [4.78, 5) is 11.8. The fourth-order valence-electron chi connectivity index (χ4n) is 1.92. The van der Waals surface area contributed by atoms with Gasteiger partial charge in [0.1, 0.15) is 6.10 Å². The van der Waals surface area contributed by atoms with Gasteiger partial charge in [0, 0.05) is 19.8 Å². The Morgan fingerprint density at radius 2 is 2.22 bits per heavy atom. The van der Waals surface area contributed by atoms with E-state index in [9.17, 15) is 4.79 Å². The Hall–Kier alpha value is -0.650. The van der Waals surface area contributed by atoms with Gasteiger partial charge in [-0.1, -0.05) is 0 Å². The molecule has 18 heavy (non-hydrogen) atoms. The maximum atomic E-state index is 11.8. The zero-order chi connectivity index (χ0) is 13.4. The SMILES string of the molecule is COCC(C)NC(=O)C(C)OCC1CCCCO1. The molecular formula is C13H25NO4. The summed E-state index contributed by atoms with van der Waals surface area (Å²) in [5.74, 6) is -0.102. The van der Waals surface area contributed by atoms with Crippen molar-refractivity contribution in [1.82, 2.24) is 5.32 Å². The van der Waals surface area contributed by atoms with Gasteiger partial charge in [-0.3, -0.25) is 4.79 Å². The molecule has 1 rings (SSSR count). The number of nitrogens with one attached hydrogen (secondary N) is 1. The summed E-state index contributed by atoms with van der Waals surface area (Å²) in [6, 6.07) is -0.000481. The van der Waals surface area contributed by atoms with Crippen molar-refractivity contribution in [2.75, 3.05) is 26.9 Å². The van der Waals surface area contributed by atoms with Crippen LogP contribution in [0.4, 0.5) is 0 Å². The van der Waals surface area contributed by atoms with Crippen LogP contribution in [-0.2, 0) is 19.0 Å². The second-order valence-electron chi connectivity index (χ2n) is 4.83. The van der Waals surface area contributed by atoms with Crippen molar-refractivity contribution >= 4 is 5.91 Å². The van der Waals surface area contributed by atoms with Crippen molar-refractivity contribution < 1.29 is 19.0 Å². The minimum Gasteiger partial charge on any atom is -0.383 e. The van der Waals surface area contributed by atoms with E-state index in [0.717, 1.165) is 19.4 Å². The van der Waals surface area contributed by atoms with Gasteiger partial charge in [0.15, 0.2) is 0 Å². The molecule has 0 spiro atoms. The van der Waals surface area contributed by atoms with Crippen LogP contribution in [0.2, 0.25) is 0 Å². The summed E-state index contributed by atoms with van der Waals surface area (Å²) in [5.41, 5.74) is 0. The van der Waals surface area contributed by atoms with Gasteiger partial charge in [0.25, 0.3) is 0 Å². The molecule has 0 saturated carbocycles. The van der Waals surface area contributed by atoms with Gasteiger partial charge in [-0.25, -0.2) is 0 Å². The maximum absolute atomic E-state index is 11.8. The lowest BCUT2D eigenvalue weighted by Crippen LogP contribution is -2.42. The number of hydrogen-bond donors (Lipinski definition) is 1. The Morgan fingerprint density at radius 1 is 1.44 bits per heavy atom. The average Bonchev–Trinajstić information content (AvgIpc) is 2.37. The van der Waals surface area contributed by atoms with Gasteiger partial charge in [0.05, 0.1) is 19.3 Å². The van der Waals surface area contributed by atoms with Crippen LogP contribution in [0.15, 0.2) is 0 Å². The Labute approximate surface area is 109 Å². The van der Waals surface area contributed by atoms with Crippen LogP contribution in [0.1, 0.15) is 33.1 Å². The van der Waals surface area contributed by atoms with E-state index in [-0.39, 0.29) is 18.1 Å². The highest BCUT2D eigenvalue weighted by Gasteiger charge is 2.19. The standard InChI is InChI=1S/C13H25NO4/c1-10(8-16-3)14-13(15)11(2)18-9-12-6-4-5-7-17-12/h10-12H,4-9H2,1-3H3,(H,14,15). The van der Waals surface area contributed by atoms with Gasteiger partial charge in [0.2, 0.25) is 5.91 Å². The van der Waals surface area contributed by atoms with E-state index in [1.54, 1.807) is 14.0 Å². The third-order valence-electron chi connectivity index (χ3n) is 2.98. The zero-order valence-corrected chi connectivity index (χ0v) is 11.6. The first kappa shape index (κ1) is 15.4. The van der Waals surface area contributed by atoms with Crippen LogP contribution >= 0.6 is 0 Å². The Kier molecular flexibility index (Phi) is 7.23. The van der Waals surface area contributed by atoms with E-state index < -0.39 is 6.10 Å². The predicted molar refractivity (Wildman–Crippen MR) is 68.5 cm³/mol. The van der Waals surface area contributed by atoms with Crippen LogP contribution in [0.3, 0.4) is 0 Å². The van der Waals surface area contributed by atoms with Gasteiger partial charge in [-0.2, -0.15) is 0 Å². The average molecular weight is 259 g/mol. The molecule has 1 N–H and O–H groups in total. The van der Waals surface area contributed by atoms with E-state index in [4.69, 9.17) is 14.2 Å². The number of carbonyl (C=O) groups is 1. The fourth-order valence-corrected chi connectivity index (χ4v) is 1.92. The molecule has 1 saturated heterocycles. The first-order valence-corrected chi connectivity index (χ1v) is 6.66. The molecule has 1 heterocycles. The number of methoxy groups -OCH3 is 1. The van der Waals surface area contributed by atoms with E-state index in [2.05, 4.69) is 5.32 Å². The molecule has 5 heteroatoms. The Bertz CT molecular complexity index is 241. The number of carbonyl (C=O) groups excluding carboxylic acids is 1. The Balaban J connectivity index is 2.18. The number of hydrogen-bond acceptors (Lipinski definition) is 4. The largest absolute Gasteiger partial charge is 0.383 e. The van der Waals surface area contributed by atoms with E-state index >= 15 is 0 Å². The summed E-state index contributed by atoms with van der Waals surface area (Å²) in [6.07, 6.45) is 3.02. The maximum Gasteiger partial charge on any atom is 0.249 e. The van der Waals surface area contributed by atoms with E-state index in [1.165, 1.54) is 6.42 Å². The minimum atomic E-state index is -0.449. The monoisotopic (exact) mass is 259 g/mol. The molecule has 0 aromatic carbocycles.